The molecule has 4 aromatic carbocycles. The summed E-state index contributed by atoms with van der Waals surface area (Å²) in [6.07, 6.45) is 0. The Kier molecular flexibility index (Phi) is 6.55. The Morgan fingerprint density at radius 2 is 1.46 bits per heavy atom. The molecule has 2 amide bonds. The number of esters is 1. The smallest absolute Gasteiger partial charge is 0.338 e. The Balaban J connectivity index is 1.28. The minimum absolute atomic E-state index is 0.0867. The zero-order valence-corrected chi connectivity index (χ0v) is 22.6. The largest absolute Gasteiger partial charge is 0.454 e. The van der Waals surface area contributed by atoms with Gasteiger partial charge in [-0.3, -0.25) is 14.4 Å². The Labute approximate surface area is 236 Å². The number of aryl methyl sites for hydroxylation is 2. The first-order valence-electron chi connectivity index (χ1n) is 13.4. The molecule has 1 aromatic heterocycles. The van der Waals surface area contributed by atoms with E-state index in [1.807, 2.05) is 80.6 Å². The number of para-hydroxylation sites is 2. The van der Waals surface area contributed by atoms with Gasteiger partial charge in [-0.1, -0.05) is 66.7 Å². The van der Waals surface area contributed by atoms with Crippen LogP contribution in [-0.4, -0.2) is 34.7 Å². The highest BCUT2D eigenvalue weighted by Crippen LogP contribution is 2.35. The third-order valence-corrected chi connectivity index (χ3v) is 7.43. The van der Waals surface area contributed by atoms with E-state index < -0.39 is 24.4 Å². The van der Waals surface area contributed by atoms with Crippen LogP contribution in [0.2, 0.25) is 0 Å². The lowest BCUT2D eigenvalue weighted by Gasteiger charge is -2.16. The topological polar surface area (TPSA) is 85.7 Å². The molecule has 2 heterocycles. The molecule has 0 saturated carbocycles. The van der Waals surface area contributed by atoms with Gasteiger partial charge in [-0.15, -0.1) is 0 Å². The van der Waals surface area contributed by atoms with Crippen LogP contribution in [0.25, 0.3) is 22.2 Å². The molecule has 0 saturated heterocycles. The van der Waals surface area contributed by atoms with Crippen molar-refractivity contribution in [3.63, 3.8) is 0 Å². The molecule has 1 aliphatic rings. The number of carbonyl (C=O) groups is 4. The molecule has 0 spiro atoms. The first-order chi connectivity index (χ1) is 19.9. The van der Waals surface area contributed by atoms with E-state index in [9.17, 15) is 19.2 Å². The zero-order chi connectivity index (χ0) is 28.7. The van der Waals surface area contributed by atoms with E-state index in [0.717, 1.165) is 32.6 Å². The first kappa shape index (κ1) is 26.0. The summed E-state index contributed by atoms with van der Waals surface area (Å²) < 4.78 is 7.56. The fourth-order valence-corrected chi connectivity index (χ4v) is 5.50. The molecule has 7 heteroatoms. The van der Waals surface area contributed by atoms with Crippen molar-refractivity contribution >= 4 is 40.2 Å². The van der Waals surface area contributed by atoms with Crippen LogP contribution in [0.15, 0.2) is 97.1 Å². The highest BCUT2D eigenvalue weighted by molar-refractivity contribution is 6.35. The summed E-state index contributed by atoms with van der Waals surface area (Å²) in [5, 5.41) is 0.784. The molecule has 0 N–H and O–H groups in total. The van der Waals surface area contributed by atoms with Crippen LogP contribution in [0.1, 0.15) is 53.9 Å². The van der Waals surface area contributed by atoms with Gasteiger partial charge in [0, 0.05) is 17.4 Å². The summed E-state index contributed by atoms with van der Waals surface area (Å²) in [5.74, 6) is -2.05. The zero-order valence-electron chi connectivity index (χ0n) is 22.6. The average Bonchev–Trinajstić information content (AvgIpc) is 3.47. The number of aromatic nitrogens is 1. The Bertz CT molecular complexity index is 1870. The Hall–Kier alpha value is -5.30. The molecule has 0 unspecified atom stereocenters. The van der Waals surface area contributed by atoms with Crippen LogP contribution in [0, 0.1) is 6.92 Å². The second-order valence-corrected chi connectivity index (χ2v) is 9.84. The lowest BCUT2D eigenvalue weighted by atomic mass is 10.0. The number of hydrogen-bond acceptors (Lipinski definition) is 5. The van der Waals surface area contributed by atoms with Crippen LogP contribution in [-0.2, 0) is 11.3 Å². The molecule has 5 aromatic rings. The highest BCUT2D eigenvalue weighted by atomic mass is 16.5. The van der Waals surface area contributed by atoms with Gasteiger partial charge in [0.2, 0.25) is 5.78 Å². The number of rotatable bonds is 7. The SMILES string of the molecule is CCn1c(-c2ccccc2)c(C(=O)COC(=O)c2ccc3c(c2)C(=O)N(c2ccccc2C)C3=O)c2ccccc21. The van der Waals surface area contributed by atoms with Crippen LogP contribution < -0.4 is 4.90 Å². The van der Waals surface area contributed by atoms with Gasteiger partial charge < -0.3 is 9.30 Å². The van der Waals surface area contributed by atoms with Crippen LogP contribution >= 0.6 is 0 Å². The van der Waals surface area contributed by atoms with Crippen molar-refractivity contribution in [2.75, 3.05) is 11.5 Å². The number of ether oxygens (including phenoxy) is 1. The summed E-state index contributed by atoms with van der Waals surface area (Å²) in [4.78, 5) is 54.1. The standard InChI is InChI=1S/C34H26N2O5/c1-3-35-28-16-10-8-14-25(28)30(31(35)22-12-5-4-6-13-22)29(37)20-41-34(40)23-17-18-24-26(19-23)33(39)36(32(24)38)27-15-9-7-11-21(27)2/h4-19H,3,20H2,1-2H3. The van der Waals surface area contributed by atoms with Crippen molar-refractivity contribution in [3.05, 3.63) is 125 Å². The molecule has 6 rings (SSSR count). The van der Waals surface area contributed by atoms with Gasteiger partial charge in [0.15, 0.2) is 6.61 Å². The molecular weight excluding hydrogens is 516 g/mol. The molecule has 1 aliphatic heterocycles. The third kappa shape index (κ3) is 4.32. The summed E-state index contributed by atoms with van der Waals surface area (Å²) in [6, 6.07) is 28.7. The second kappa shape index (κ2) is 10.4. The molecule has 41 heavy (non-hydrogen) atoms. The van der Waals surface area contributed by atoms with E-state index in [-0.39, 0.29) is 22.5 Å². The fraction of sp³-hybridized carbons (Fsp3) is 0.118. The summed E-state index contributed by atoms with van der Waals surface area (Å²) >= 11 is 0. The van der Waals surface area contributed by atoms with E-state index in [2.05, 4.69) is 4.57 Å². The predicted molar refractivity (Wildman–Crippen MR) is 156 cm³/mol. The normalized spacial score (nSPS) is 12.6. The van der Waals surface area contributed by atoms with Gasteiger partial charge in [0.05, 0.1) is 33.6 Å². The Morgan fingerprint density at radius 3 is 2.22 bits per heavy atom. The van der Waals surface area contributed by atoms with Crippen molar-refractivity contribution in [1.29, 1.82) is 0 Å². The third-order valence-electron chi connectivity index (χ3n) is 7.43. The maximum atomic E-state index is 13.6. The molecule has 7 nitrogen and oxygen atoms in total. The summed E-state index contributed by atoms with van der Waals surface area (Å²) in [5.41, 5.74) is 4.77. The maximum absolute atomic E-state index is 13.6. The van der Waals surface area contributed by atoms with Gasteiger partial charge in [-0.2, -0.15) is 0 Å². The number of amides is 2. The van der Waals surface area contributed by atoms with Gasteiger partial charge in [-0.25, -0.2) is 9.69 Å². The number of fused-ring (bicyclic) bond motifs is 2. The van der Waals surface area contributed by atoms with Crippen molar-refractivity contribution in [2.45, 2.75) is 20.4 Å². The summed E-state index contributed by atoms with van der Waals surface area (Å²) in [6.45, 7) is 4.02. The van der Waals surface area contributed by atoms with Gasteiger partial charge in [-0.05, 0) is 55.3 Å². The lowest BCUT2D eigenvalue weighted by molar-refractivity contribution is 0.0475. The average molecular weight is 543 g/mol. The monoisotopic (exact) mass is 542 g/mol. The fourth-order valence-electron chi connectivity index (χ4n) is 5.50. The highest BCUT2D eigenvalue weighted by Gasteiger charge is 2.38. The molecule has 0 fully saturated rings. The maximum Gasteiger partial charge on any atom is 0.338 e. The number of Topliss-reactive ketones (excluding diaryl/α,β-unsaturated/α-hetero) is 1. The van der Waals surface area contributed by atoms with E-state index in [1.165, 1.54) is 18.2 Å². The quantitative estimate of drug-likeness (QED) is 0.134. The lowest BCUT2D eigenvalue weighted by Crippen LogP contribution is -2.29. The second-order valence-electron chi connectivity index (χ2n) is 9.84. The number of imide groups is 1. The van der Waals surface area contributed by atoms with Crippen LogP contribution in [0.4, 0.5) is 5.69 Å². The number of benzene rings is 4. The molecule has 0 bridgehead atoms. The first-order valence-corrected chi connectivity index (χ1v) is 13.4. The number of anilines is 1. The summed E-state index contributed by atoms with van der Waals surface area (Å²) in [7, 11) is 0. The number of carbonyl (C=O) groups excluding carboxylic acids is 4. The van der Waals surface area contributed by atoms with E-state index in [1.54, 1.807) is 12.1 Å². The van der Waals surface area contributed by atoms with Crippen molar-refractivity contribution in [2.24, 2.45) is 0 Å². The molecule has 0 atom stereocenters. The number of hydrogen-bond donors (Lipinski definition) is 0. The number of nitrogens with zero attached hydrogens (tertiary/aromatic N) is 2. The number of ketones is 1. The molecular formula is C34H26N2O5. The molecule has 0 radical (unpaired) electrons. The Morgan fingerprint density at radius 1 is 0.780 bits per heavy atom. The minimum Gasteiger partial charge on any atom is -0.454 e. The molecule has 202 valence electrons. The van der Waals surface area contributed by atoms with E-state index in [4.69, 9.17) is 4.74 Å². The van der Waals surface area contributed by atoms with Crippen molar-refractivity contribution in [1.82, 2.24) is 4.57 Å². The van der Waals surface area contributed by atoms with Gasteiger partial charge in [0.25, 0.3) is 11.8 Å². The van der Waals surface area contributed by atoms with Crippen molar-refractivity contribution < 1.29 is 23.9 Å². The van der Waals surface area contributed by atoms with Gasteiger partial charge in [0.1, 0.15) is 0 Å². The van der Waals surface area contributed by atoms with Crippen molar-refractivity contribution in [3.8, 4) is 11.3 Å². The molecule has 0 aliphatic carbocycles. The van der Waals surface area contributed by atoms with Crippen LogP contribution in [0.5, 0.6) is 0 Å². The minimum atomic E-state index is -0.753. The van der Waals surface area contributed by atoms with E-state index in [0.29, 0.717) is 17.8 Å². The predicted octanol–water partition coefficient (Wildman–Crippen LogP) is 6.48. The van der Waals surface area contributed by atoms with E-state index >= 15 is 0 Å². The van der Waals surface area contributed by atoms with Crippen LogP contribution in [0.3, 0.4) is 0 Å². The van der Waals surface area contributed by atoms with Gasteiger partial charge >= 0.3 is 5.97 Å².